The average molecular weight is 324 g/mol. The molecule has 0 aliphatic carbocycles. The molecule has 21 heavy (non-hydrogen) atoms. The highest BCUT2D eigenvalue weighted by atomic mass is 32.2. The van der Waals surface area contributed by atoms with E-state index in [2.05, 4.69) is 10.0 Å². The number of nitrogens with one attached hydrogen (secondary N) is 2. The van der Waals surface area contributed by atoms with Gasteiger partial charge in [-0.05, 0) is 23.9 Å². The molecule has 2 aromatic rings. The standard InChI is InChI=1S/C14H16N2O3S2/c1-11(12-6-3-2-4-7-12)16-13(17)10-15-21(18,19)14-8-5-9-20-14/h2-9,11,15H,10H2,1H3,(H,16,17). The lowest BCUT2D eigenvalue weighted by Crippen LogP contribution is -2.37. The summed E-state index contributed by atoms with van der Waals surface area (Å²) >= 11 is 1.11. The first-order chi connectivity index (χ1) is 9.99. The van der Waals surface area contributed by atoms with Gasteiger partial charge in [-0.1, -0.05) is 36.4 Å². The number of benzene rings is 1. The van der Waals surface area contributed by atoms with Gasteiger partial charge in [0, 0.05) is 0 Å². The van der Waals surface area contributed by atoms with Crippen LogP contribution < -0.4 is 10.0 Å². The van der Waals surface area contributed by atoms with E-state index in [1.165, 1.54) is 6.07 Å². The van der Waals surface area contributed by atoms with Crippen LogP contribution in [0.1, 0.15) is 18.5 Å². The maximum absolute atomic E-state index is 11.9. The van der Waals surface area contributed by atoms with E-state index >= 15 is 0 Å². The molecule has 2 N–H and O–H groups in total. The van der Waals surface area contributed by atoms with Crippen LogP contribution in [0.5, 0.6) is 0 Å². The van der Waals surface area contributed by atoms with E-state index in [1.54, 1.807) is 11.4 Å². The Morgan fingerprint density at radius 1 is 1.19 bits per heavy atom. The molecule has 7 heteroatoms. The Kier molecular flexibility index (Phi) is 5.11. The SMILES string of the molecule is CC(NC(=O)CNS(=O)(=O)c1cccs1)c1ccccc1. The van der Waals surface area contributed by atoms with E-state index in [4.69, 9.17) is 0 Å². The van der Waals surface area contributed by atoms with Crippen molar-refractivity contribution >= 4 is 27.3 Å². The van der Waals surface area contributed by atoms with Gasteiger partial charge in [-0.15, -0.1) is 11.3 Å². The topological polar surface area (TPSA) is 75.3 Å². The smallest absolute Gasteiger partial charge is 0.250 e. The van der Waals surface area contributed by atoms with Crippen molar-refractivity contribution in [1.29, 1.82) is 0 Å². The molecular formula is C14H16N2O3S2. The third-order valence-electron chi connectivity index (χ3n) is 2.86. The van der Waals surface area contributed by atoms with Crippen molar-refractivity contribution in [2.75, 3.05) is 6.54 Å². The fraction of sp³-hybridized carbons (Fsp3) is 0.214. The van der Waals surface area contributed by atoms with E-state index < -0.39 is 10.0 Å². The van der Waals surface area contributed by atoms with Crippen LogP contribution in [0.15, 0.2) is 52.1 Å². The summed E-state index contributed by atoms with van der Waals surface area (Å²) < 4.78 is 26.2. The lowest BCUT2D eigenvalue weighted by molar-refractivity contribution is -0.120. The second kappa shape index (κ2) is 6.84. The summed E-state index contributed by atoms with van der Waals surface area (Å²) in [5.41, 5.74) is 0.965. The molecule has 1 amide bonds. The van der Waals surface area contributed by atoms with Gasteiger partial charge in [-0.2, -0.15) is 0 Å². The van der Waals surface area contributed by atoms with Crippen LogP contribution in [0, 0.1) is 0 Å². The summed E-state index contributed by atoms with van der Waals surface area (Å²) in [4.78, 5) is 11.8. The predicted octanol–water partition coefficient (Wildman–Crippen LogP) is 1.90. The summed E-state index contributed by atoms with van der Waals surface area (Å²) in [6.45, 7) is 1.57. The molecule has 0 radical (unpaired) electrons. The molecule has 0 saturated carbocycles. The molecule has 5 nitrogen and oxygen atoms in total. The minimum absolute atomic E-state index is 0.176. The molecule has 0 saturated heterocycles. The molecule has 1 heterocycles. The van der Waals surface area contributed by atoms with Crippen LogP contribution in [-0.4, -0.2) is 20.9 Å². The molecule has 1 atom stereocenters. The van der Waals surface area contributed by atoms with Crippen LogP contribution in [0.4, 0.5) is 0 Å². The lowest BCUT2D eigenvalue weighted by Gasteiger charge is -2.14. The summed E-state index contributed by atoms with van der Waals surface area (Å²) in [5.74, 6) is -0.369. The fourth-order valence-electron chi connectivity index (χ4n) is 1.77. The molecule has 1 unspecified atom stereocenters. The summed E-state index contributed by atoms with van der Waals surface area (Å²) in [6.07, 6.45) is 0. The second-order valence-corrected chi connectivity index (χ2v) is 7.40. The number of thiophene rings is 1. The van der Waals surface area contributed by atoms with Crippen LogP contribution in [0.3, 0.4) is 0 Å². The Labute approximate surface area is 128 Å². The first-order valence-electron chi connectivity index (χ1n) is 6.36. The van der Waals surface area contributed by atoms with Crippen molar-refractivity contribution in [3.05, 3.63) is 53.4 Å². The summed E-state index contributed by atoms with van der Waals surface area (Å²) in [5, 5.41) is 4.42. The Morgan fingerprint density at radius 3 is 2.52 bits per heavy atom. The molecule has 2 rings (SSSR count). The summed E-state index contributed by atoms with van der Waals surface area (Å²) in [6, 6.07) is 12.4. The molecule has 1 aromatic carbocycles. The van der Waals surface area contributed by atoms with Gasteiger partial charge in [0.15, 0.2) is 0 Å². The molecule has 0 aliphatic heterocycles. The Bertz CT molecular complexity index is 682. The zero-order valence-electron chi connectivity index (χ0n) is 11.4. The monoisotopic (exact) mass is 324 g/mol. The maximum Gasteiger partial charge on any atom is 0.250 e. The van der Waals surface area contributed by atoms with E-state index in [-0.39, 0.29) is 22.7 Å². The first-order valence-corrected chi connectivity index (χ1v) is 8.73. The van der Waals surface area contributed by atoms with Gasteiger partial charge in [0.25, 0.3) is 10.0 Å². The van der Waals surface area contributed by atoms with Crippen molar-refractivity contribution in [2.45, 2.75) is 17.2 Å². The van der Waals surface area contributed by atoms with Crippen molar-refractivity contribution in [2.24, 2.45) is 0 Å². The highest BCUT2D eigenvalue weighted by molar-refractivity contribution is 7.91. The minimum atomic E-state index is -3.60. The zero-order valence-corrected chi connectivity index (χ0v) is 13.1. The second-order valence-electron chi connectivity index (χ2n) is 4.46. The fourth-order valence-corrected chi connectivity index (χ4v) is 3.79. The van der Waals surface area contributed by atoms with Gasteiger partial charge in [-0.3, -0.25) is 4.79 Å². The number of hydrogen-bond donors (Lipinski definition) is 2. The van der Waals surface area contributed by atoms with E-state index in [0.717, 1.165) is 16.9 Å². The van der Waals surface area contributed by atoms with Crippen molar-refractivity contribution in [3.63, 3.8) is 0 Å². The largest absolute Gasteiger partial charge is 0.348 e. The van der Waals surface area contributed by atoms with Crippen molar-refractivity contribution < 1.29 is 13.2 Å². The van der Waals surface area contributed by atoms with Crippen LogP contribution in [0.25, 0.3) is 0 Å². The number of carbonyl (C=O) groups excluding carboxylic acids is 1. The third-order valence-corrected chi connectivity index (χ3v) is 5.66. The maximum atomic E-state index is 11.9. The van der Waals surface area contributed by atoms with Gasteiger partial charge in [0.1, 0.15) is 4.21 Å². The van der Waals surface area contributed by atoms with Crippen LogP contribution in [-0.2, 0) is 14.8 Å². The van der Waals surface area contributed by atoms with Crippen molar-refractivity contribution in [1.82, 2.24) is 10.0 Å². The van der Waals surface area contributed by atoms with Gasteiger partial charge in [0.05, 0.1) is 12.6 Å². The first kappa shape index (κ1) is 15.7. The Hall–Kier alpha value is -1.70. The van der Waals surface area contributed by atoms with E-state index in [9.17, 15) is 13.2 Å². The quantitative estimate of drug-likeness (QED) is 0.852. The minimum Gasteiger partial charge on any atom is -0.348 e. The highest BCUT2D eigenvalue weighted by Gasteiger charge is 2.17. The van der Waals surface area contributed by atoms with Gasteiger partial charge < -0.3 is 5.32 Å². The van der Waals surface area contributed by atoms with Crippen molar-refractivity contribution in [3.8, 4) is 0 Å². The molecule has 0 aliphatic rings. The average Bonchev–Trinajstić information content (AvgIpc) is 3.01. The molecular weight excluding hydrogens is 308 g/mol. The zero-order chi connectivity index (χ0) is 15.3. The molecule has 112 valence electrons. The number of rotatable bonds is 6. The number of hydrogen-bond acceptors (Lipinski definition) is 4. The van der Waals surface area contributed by atoms with E-state index in [0.29, 0.717) is 0 Å². The molecule has 0 bridgehead atoms. The lowest BCUT2D eigenvalue weighted by atomic mass is 10.1. The van der Waals surface area contributed by atoms with Gasteiger partial charge in [-0.25, -0.2) is 13.1 Å². The van der Waals surface area contributed by atoms with Gasteiger partial charge >= 0.3 is 0 Å². The van der Waals surface area contributed by atoms with E-state index in [1.807, 2.05) is 37.3 Å². The summed E-state index contributed by atoms with van der Waals surface area (Å²) in [7, 11) is -3.60. The molecule has 0 spiro atoms. The third kappa shape index (κ3) is 4.38. The van der Waals surface area contributed by atoms with Gasteiger partial charge in [0.2, 0.25) is 5.91 Å². The number of amides is 1. The highest BCUT2D eigenvalue weighted by Crippen LogP contribution is 2.15. The molecule has 1 aromatic heterocycles. The Morgan fingerprint density at radius 2 is 1.90 bits per heavy atom. The Balaban J connectivity index is 1.88. The number of carbonyl (C=O) groups is 1. The number of sulfonamides is 1. The molecule has 0 fully saturated rings. The predicted molar refractivity (Wildman–Crippen MR) is 82.5 cm³/mol. The normalized spacial score (nSPS) is 12.8. The van der Waals surface area contributed by atoms with Crippen LogP contribution in [0.2, 0.25) is 0 Å². The van der Waals surface area contributed by atoms with Crippen LogP contribution >= 0.6 is 11.3 Å².